The van der Waals surface area contributed by atoms with Gasteiger partial charge in [0, 0.05) is 19.4 Å². The number of carbonyl (C=O) groups excluding carboxylic acids is 1. The van der Waals surface area contributed by atoms with Crippen molar-refractivity contribution >= 4 is 11.6 Å². The summed E-state index contributed by atoms with van der Waals surface area (Å²) in [5, 5.41) is 4.24. The monoisotopic (exact) mass is 382 g/mol. The number of hydrogen-bond acceptors (Lipinski definition) is 3. The Bertz CT molecular complexity index is 829. The molecule has 0 saturated heterocycles. The minimum Gasteiger partial charge on any atom is -0.390 e. The van der Waals surface area contributed by atoms with Crippen LogP contribution in [0, 0.1) is 18.7 Å². The largest absolute Gasteiger partial charge is 0.390 e. The van der Waals surface area contributed by atoms with Gasteiger partial charge in [-0.3, -0.25) is 4.79 Å². The van der Waals surface area contributed by atoms with Crippen LogP contribution in [0.2, 0.25) is 0 Å². The highest BCUT2D eigenvalue weighted by Gasteiger charge is 2.27. The maximum Gasteiger partial charge on any atom is 0.223 e. The Labute approximate surface area is 166 Å². The molecule has 28 heavy (non-hydrogen) atoms. The standard InChI is InChI=1S/C23H27FN2O2/c1-16(2)12-23(27)26(14-18-6-10-20(24)11-7-18)15-21-13-22(25-28-21)19-8-4-17(3)5-9-19/h4-11,16,21H,12-15H2,1-3H3. The molecule has 0 radical (unpaired) electrons. The number of benzene rings is 2. The second-order valence-corrected chi connectivity index (χ2v) is 7.83. The van der Waals surface area contributed by atoms with Crippen molar-refractivity contribution in [1.29, 1.82) is 0 Å². The molecule has 1 heterocycles. The van der Waals surface area contributed by atoms with E-state index in [9.17, 15) is 9.18 Å². The molecule has 1 aliphatic rings. The van der Waals surface area contributed by atoms with Gasteiger partial charge in [0.15, 0.2) is 6.10 Å². The number of nitrogens with zero attached hydrogens (tertiary/aromatic N) is 2. The summed E-state index contributed by atoms with van der Waals surface area (Å²) in [4.78, 5) is 20.2. The molecule has 0 aromatic heterocycles. The molecule has 1 atom stereocenters. The SMILES string of the molecule is Cc1ccc(C2=NOC(CN(Cc3ccc(F)cc3)C(=O)CC(C)C)C2)cc1. The molecule has 148 valence electrons. The number of carbonyl (C=O) groups is 1. The lowest BCUT2D eigenvalue weighted by Gasteiger charge is -2.26. The Morgan fingerprint density at radius 2 is 1.86 bits per heavy atom. The molecule has 1 amide bonds. The maximum atomic E-state index is 13.2. The normalized spacial score (nSPS) is 16.0. The molecule has 0 saturated carbocycles. The van der Waals surface area contributed by atoms with E-state index >= 15 is 0 Å². The van der Waals surface area contributed by atoms with Crippen LogP contribution >= 0.6 is 0 Å². The summed E-state index contributed by atoms with van der Waals surface area (Å²) in [5.74, 6) is 0.0675. The molecule has 2 aromatic carbocycles. The number of amides is 1. The zero-order valence-corrected chi connectivity index (χ0v) is 16.7. The number of aryl methyl sites for hydroxylation is 1. The fourth-order valence-electron chi connectivity index (χ4n) is 3.23. The van der Waals surface area contributed by atoms with Gasteiger partial charge in [-0.2, -0.15) is 0 Å². The summed E-state index contributed by atoms with van der Waals surface area (Å²) < 4.78 is 13.2. The van der Waals surface area contributed by atoms with Gasteiger partial charge in [-0.15, -0.1) is 0 Å². The van der Waals surface area contributed by atoms with Crippen molar-refractivity contribution < 1.29 is 14.0 Å². The highest BCUT2D eigenvalue weighted by Crippen LogP contribution is 2.20. The highest BCUT2D eigenvalue weighted by molar-refractivity contribution is 6.01. The Balaban J connectivity index is 1.66. The van der Waals surface area contributed by atoms with Crippen LogP contribution in [-0.2, 0) is 16.2 Å². The predicted molar refractivity (Wildman–Crippen MR) is 108 cm³/mol. The fourth-order valence-corrected chi connectivity index (χ4v) is 3.23. The van der Waals surface area contributed by atoms with Crippen molar-refractivity contribution in [3.63, 3.8) is 0 Å². The van der Waals surface area contributed by atoms with Gasteiger partial charge in [-0.25, -0.2) is 4.39 Å². The fraction of sp³-hybridized carbons (Fsp3) is 0.391. The molecule has 0 fully saturated rings. The third-order valence-corrected chi connectivity index (χ3v) is 4.76. The molecule has 0 N–H and O–H groups in total. The van der Waals surface area contributed by atoms with Crippen LogP contribution in [0.3, 0.4) is 0 Å². The highest BCUT2D eigenvalue weighted by atomic mass is 19.1. The van der Waals surface area contributed by atoms with Crippen LogP contribution < -0.4 is 0 Å². The average molecular weight is 382 g/mol. The van der Waals surface area contributed by atoms with E-state index in [4.69, 9.17) is 4.84 Å². The van der Waals surface area contributed by atoms with E-state index in [1.165, 1.54) is 17.7 Å². The Hall–Kier alpha value is -2.69. The van der Waals surface area contributed by atoms with Gasteiger partial charge in [-0.05, 0) is 36.1 Å². The molecule has 1 unspecified atom stereocenters. The van der Waals surface area contributed by atoms with Crippen LogP contribution in [0.4, 0.5) is 4.39 Å². The Morgan fingerprint density at radius 3 is 2.50 bits per heavy atom. The Kier molecular flexibility index (Phi) is 6.45. The van der Waals surface area contributed by atoms with Crippen molar-refractivity contribution in [1.82, 2.24) is 4.90 Å². The van der Waals surface area contributed by atoms with Crippen LogP contribution in [-0.4, -0.2) is 29.2 Å². The van der Waals surface area contributed by atoms with Crippen molar-refractivity contribution in [2.45, 2.75) is 46.3 Å². The minimum atomic E-state index is -0.279. The number of halogens is 1. The zero-order chi connectivity index (χ0) is 20.1. The molecule has 4 nitrogen and oxygen atoms in total. The first-order chi connectivity index (χ1) is 13.4. The van der Waals surface area contributed by atoms with Crippen LogP contribution in [0.25, 0.3) is 0 Å². The molecular formula is C23H27FN2O2. The number of oxime groups is 1. The molecule has 0 bridgehead atoms. The smallest absolute Gasteiger partial charge is 0.223 e. The van der Waals surface area contributed by atoms with Crippen LogP contribution in [0.5, 0.6) is 0 Å². The third-order valence-electron chi connectivity index (χ3n) is 4.76. The summed E-state index contributed by atoms with van der Waals surface area (Å²) in [6.45, 7) is 7.00. The lowest BCUT2D eigenvalue weighted by atomic mass is 10.0. The predicted octanol–water partition coefficient (Wildman–Crippen LogP) is 4.70. The minimum absolute atomic E-state index is 0.0757. The van der Waals surface area contributed by atoms with Gasteiger partial charge in [0.1, 0.15) is 5.82 Å². The van der Waals surface area contributed by atoms with Crippen molar-refractivity contribution in [2.24, 2.45) is 11.1 Å². The molecule has 1 aliphatic heterocycles. The quantitative estimate of drug-likeness (QED) is 0.696. The molecular weight excluding hydrogens is 355 g/mol. The van der Waals surface area contributed by atoms with E-state index in [0.29, 0.717) is 25.9 Å². The Morgan fingerprint density at radius 1 is 1.18 bits per heavy atom. The number of hydrogen-bond donors (Lipinski definition) is 0. The van der Waals surface area contributed by atoms with Gasteiger partial charge in [0.25, 0.3) is 0 Å². The van der Waals surface area contributed by atoms with Gasteiger partial charge in [0.05, 0.1) is 12.3 Å². The summed E-state index contributed by atoms with van der Waals surface area (Å²) in [7, 11) is 0. The first-order valence-corrected chi connectivity index (χ1v) is 9.72. The van der Waals surface area contributed by atoms with Crippen LogP contribution in [0.1, 0.15) is 43.4 Å². The van der Waals surface area contributed by atoms with Gasteiger partial charge in [-0.1, -0.05) is 61.0 Å². The lowest BCUT2D eigenvalue weighted by molar-refractivity contribution is -0.134. The van der Waals surface area contributed by atoms with Gasteiger partial charge >= 0.3 is 0 Å². The first-order valence-electron chi connectivity index (χ1n) is 9.72. The van der Waals surface area contributed by atoms with Gasteiger partial charge in [0.2, 0.25) is 5.91 Å². The molecule has 0 aliphatic carbocycles. The number of rotatable bonds is 7. The second-order valence-electron chi connectivity index (χ2n) is 7.83. The van der Waals surface area contributed by atoms with E-state index < -0.39 is 0 Å². The van der Waals surface area contributed by atoms with E-state index in [-0.39, 0.29) is 23.7 Å². The summed E-state index contributed by atoms with van der Waals surface area (Å²) >= 11 is 0. The second kappa shape index (κ2) is 9.00. The van der Waals surface area contributed by atoms with Crippen molar-refractivity contribution in [3.8, 4) is 0 Å². The molecule has 2 aromatic rings. The molecule has 5 heteroatoms. The first kappa shape index (κ1) is 20.1. The summed E-state index contributed by atoms with van der Waals surface area (Å²) in [6, 6.07) is 14.5. The van der Waals surface area contributed by atoms with E-state index in [0.717, 1.165) is 16.8 Å². The van der Waals surface area contributed by atoms with Crippen LogP contribution in [0.15, 0.2) is 53.7 Å². The molecule has 0 spiro atoms. The molecule has 3 rings (SSSR count). The summed E-state index contributed by atoms with van der Waals surface area (Å²) in [6.07, 6.45) is 0.963. The van der Waals surface area contributed by atoms with Crippen molar-refractivity contribution in [2.75, 3.05) is 6.54 Å². The topological polar surface area (TPSA) is 41.9 Å². The average Bonchev–Trinajstić information content (AvgIpc) is 3.11. The lowest BCUT2D eigenvalue weighted by Crippen LogP contribution is -2.37. The third kappa shape index (κ3) is 5.41. The zero-order valence-electron chi connectivity index (χ0n) is 16.7. The maximum absolute atomic E-state index is 13.2. The van der Waals surface area contributed by atoms with E-state index in [2.05, 4.69) is 17.3 Å². The van der Waals surface area contributed by atoms with E-state index in [1.807, 2.05) is 32.9 Å². The van der Waals surface area contributed by atoms with E-state index in [1.54, 1.807) is 17.0 Å². The van der Waals surface area contributed by atoms with Gasteiger partial charge < -0.3 is 9.74 Å². The van der Waals surface area contributed by atoms with Crippen molar-refractivity contribution in [3.05, 3.63) is 71.0 Å². The summed E-state index contributed by atoms with van der Waals surface area (Å²) in [5.41, 5.74) is 4.05.